The lowest BCUT2D eigenvalue weighted by molar-refractivity contribution is 0.126. The van der Waals surface area contributed by atoms with E-state index in [9.17, 15) is 5.11 Å². The SMILES string of the molecule is [2H]C([2H])([2H])N(c1ccc(C(O)(c2ccc(NC)cc2)c2ccc(N(C([2H])([2H])[2H])C([2H])([2H])[2H])cc2)cc1)C([2H])([2H])[2H]. The fourth-order valence-corrected chi connectivity index (χ4v) is 3.08. The molecule has 0 saturated heterocycles. The van der Waals surface area contributed by atoms with Gasteiger partial charge in [-0.25, -0.2) is 0 Å². The Labute approximate surface area is 184 Å². The maximum Gasteiger partial charge on any atom is 0.140 e. The first kappa shape index (κ1) is 9.48. The van der Waals surface area contributed by atoms with Gasteiger partial charge in [0.15, 0.2) is 0 Å². The van der Waals surface area contributed by atoms with Gasteiger partial charge >= 0.3 is 0 Å². The van der Waals surface area contributed by atoms with E-state index >= 15 is 0 Å². The number of aliphatic hydroxyl groups is 1. The van der Waals surface area contributed by atoms with Crippen molar-refractivity contribution >= 4 is 17.1 Å². The third-order valence-electron chi connectivity index (χ3n) is 4.68. The van der Waals surface area contributed by atoms with E-state index < -0.39 is 33.5 Å². The van der Waals surface area contributed by atoms with Crippen molar-refractivity contribution in [1.29, 1.82) is 0 Å². The number of nitrogens with zero attached hydrogens (tertiary/aromatic N) is 2. The molecule has 0 aliphatic heterocycles. The van der Waals surface area contributed by atoms with Gasteiger partial charge in [0.05, 0.1) is 0 Å². The molecule has 0 radical (unpaired) electrons. The highest BCUT2D eigenvalue weighted by Crippen LogP contribution is 2.38. The average Bonchev–Trinajstić information content (AvgIpc) is 2.81. The van der Waals surface area contributed by atoms with Crippen LogP contribution in [0.2, 0.25) is 0 Å². The standard InChI is InChI=1S/C24H29N3O/c1-25-21-12-6-18(7-13-21)24(28,19-8-14-22(15-9-19)26(2)3)20-10-16-23(17-11-20)27(4)5/h6-17,25,28H,1-5H3/i2D3,3D3,4D3,5D3. The van der Waals surface area contributed by atoms with Crippen LogP contribution in [0.25, 0.3) is 0 Å². The molecule has 0 atom stereocenters. The monoisotopic (exact) mass is 387 g/mol. The zero-order valence-corrected chi connectivity index (χ0v) is 15.3. The smallest absolute Gasteiger partial charge is 0.140 e. The lowest BCUT2D eigenvalue weighted by Gasteiger charge is -2.31. The molecule has 3 rings (SSSR count). The minimum Gasteiger partial charge on any atom is -0.388 e. The fraction of sp³-hybridized carbons (Fsp3) is 0.250. The summed E-state index contributed by atoms with van der Waals surface area (Å²) in [6.45, 7) is -11.8. The van der Waals surface area contributed by atoms with Crippen LogP contribution in [0, 0.1) is 0 Å². The molecule has 2 N–H and O–H groups in total. The Hall–Kier alpha value is -2.98. The molecule has 0 spiro atoms. The summed E-state index contributed by atoms with van der Waals surface area (Å²) in [6, 6.07) is 17.5. The molecule has 0 aromatic heterocycles. The number of benzene rings is 3. The van der Waals surface area contributed by atoms with E-state index in [1.807, 2.05) is 0 Å². The van der Waals surface area contributed by atoms with Gasteiger partial charge in [0.1, 0.15) is 5.60 Å². The van der Waals surface area contributed by atoms with E-state index in [4.69, 9.17) is 16.4 Å². The highest BCUT2D eigenvalue weighted by atomic mass is 16.3. The quantitative estimate of drug-likeness (QED) is 0.624. The largest absolute Gasteiger partial charge is 0.388 e. The predicted octanol–water partition coefficient (Wildman–Crippen LogP) is 4.14. The Bertz CT molecular complexity index is 1180. The topological polar surface area (TPSA) is 38.7 Å². The molecule has 0 saturated carbocycles. The Morgan fingerprint density at radius 2 is 1.04 bits per heavy atom. The second kappa shape index (κ2) is 7.95. The Morgan fingerprint density at radius 3 is 1.36 bits per heavy atom. The molecule has 3 aromatic carbocycles. The first-order valence-electron chi connectivity index (χ1n) is 14.5. The van der Waals surface area contributed by atoms with Crippen molar-refractivity contribution < 1.29 is 21.6 Å². The summed E-state index contributed by atoms with van der Waals surface area (Å²) < 4.78 is 92.0. The van der Waals surface area contributed by atoms with Crippen LogP contribution in [0.15, 0.2) is 72.8 Å². The van der Waals surface area contributed by atoms with Crippen molar-refractivity contribution in [2.45, 2.75) is 5.60 Å². The molecule has 4 heteroatoms. The van der Waals surface area contributed by atoms with Gasteiger partial charge in [-0.05, 0) is 53.1 Å². The molecule has 0 fully saturated rings. The van der Waals surface area contributed by atoms with Gasteiger partial charge < -0.3 is 20.2 Å². The van der Waals surface area contributed by atoms with Gasteiger partial charge in [0, 0.05) is 68.5 Å². The second-order valence-corrected chi connectivity index (χ2v) is 6.30. The van der Waals surface area contributed by atoms with Crippen molar-refractivity contribution in [3.05, 3.63) is 89.5 Å². The maximum atomic E-state index is 12.2. The third-order valence-corrected chi connectivity index (χ3v) is 4.68. The summed E-state index contributed by atoms with van der Waals surface area (Å²) in [5, 5.41) is 15.2. The van der Waals surface area contributed by atoms with Crippen molar-refractivity contribution in [2.75, 3.05) is 50.1 Å². The molecule has 0 heterocycles. The van der Waals surface area contributed by atoms with Gasteiger partial charge in [-0.3, -0.25) is 0 Å². The van der Waals surface area contributed by atoms with E-state index in [1.165, 1.54) is 48.5 Å². The highest BCUT2D eigenvalue weighted by Gasteiger charge is 2.34. The average molecular weight is 388 g/mol. The molecule has 0 bridgehead atoms. The third kappa shape index (κ3) is 3.69. The van der Waals surface area contributed by atoms with Crippen molar-refractivity contribution in [2.24, 2.45) is 0 Å². The number of anilines is 3. The predicted molar refractivity (Wildman–Crippen MR) is 120 cm³/mol. The van der Waals surface area contributed by atoms with Crippen LogP contribution < -0.4 is 15.1 Å². The minimum absolute atomic E-state index is 0.113. The molecular weight excluding hydrogens is 346 g/mol. The number of hydrogen-bond donors (Lipinski definition) is 2. The van der Waals surface area contributed by atoms with E-state index in [0.717, 1.165) is 5.69 Å². The van der Waals surface area contributed by atoms with Crippen LogP contribution in [0.1, 0.15) is 33.1 Å². The molecule has 28 heavy (non-hydrogen) atoms. The van der Waals surface area contributed by atoms with E-state index in [-0.39, 0.29) is 22.5 Å². The van der Waals surface area contributed by atoms with Crippen LogP contribution in [0.5, 0.6) is 0 Å². The van der Waals surface area contributed by atoms with Gasteiger partial charge in [-0.1, -0.05) is 36.4 Å². The van der Waals surface area contributed by atoms with Crippen molar-refractivity contribution in [3.8, 4) is 0 Å². The van der Waals surface area contributed by atoms with E-state index in [0.29, 0.717) is 15.4 Å². The molecule has 0 aliphatic rings. The number of rotatable bonds is 6. The molecule has 0 unspecified atom stereocenters. The minimum atomic E-state index is -2.96. The number of nitrogens with one attached hydrogen (secondary N) is 1. The van der Waals surface area contributed by atoms with Crippen LogP contribution in [-0.2, 0) is 5.60 Å². The van der Waals surface area contributed by atoms with Gasteiger partial charge in [-0.15, -0.1) is 0 Å². The molecule has 0 aliphatic carbocycles. The second-order valence-electron chi connectivity index (χ2n) is 6.30. The van der Waals surface area contributed by atoms with E-state index in [1.54, 1.807) is 31.3 Å². The molecule has 0 amide bonds. The van der Waals surface area contributed by atoms with E-state index in [2.05, 4.69) is 5.32 Å². The Kier molecular flexibility index (Phi) is 2.69. The van der Waals surface area contributed by atoms with Gasteiger partial charge in [0.2, 0.25) is 0 Å². The first-order valence-corrected chi connectivity index (χ1v) is 8.53. The Balaban J connectivity index is 2.18. The van der Waals surface area contributed by atoms with Crippen molar-refractivity contribution in [1.82, 2.24) is 0 Å². The summed E-state index contributed by atoms with van der Waals surface area (Å²) >= 11 is 0. The molecule has 146 valence electrons. The van der Waals surface area contributed by atoms with Gasteiger partial charge in [0.25, 0.3) is 0 Å². The van der Waals surface area contributed by atoms with Crippen LogP contribution >= 0.6 is 0 Å². The summed E-state index contributed by atoms with van der Waals surface area (Å²) in [6.07, 6.45) is 0. The van der Waals surface area contributed by atoms with Crippen LogP contribution in [-0.4, -0.2) is 40.1 Å². The highest BCUT2D eigenvalue weighted by molar-refractivity contribution is 5.56. The zero-order valence-electron chi connectivity index (χ0n) is 27.3. The first-order chi connectivity index (χ1) is 18.2. The van der Waals surface area contributed by atoms with Crippen molar-refractivity contribution in [3.63, 3.8) is 0 Å². The lowest BCUT2D eigenvalue weighted by atomic mass is 9.80. The Morgan fingerprint density at radius 1 is 0.679 bits per heavy atom. The molecule has 4 nitrogen and oxygen atoms in total. The van der Waals surface area contributed by atoms with Gasteiger partial charge in [-0.2, -0.15) is 0 Å². The number of hydrogen-bond acceptors (Lipinski definition) is 4. The maximum absolute atomic E-state index is 12.2. The lowest BCUT2D eigenvalue weighted by Crippen LogP contribution is -2.29. The molecule has 3 aromatic rings. The fourth-order valence-electron chi connectivity index (χ4n) is 3.08. The summed E-state index contributed by atoms with van der Waals surface area (Å²) in [5.74, 6) is 0. The van der Waals surface area contributed by atoms with Crippen LogP contribution in [0.3, 0.4) is 0 Å². The summed E-state index contributed by atoms with van der Waals surface area (Å²) in [4.78, 5) is 0.662. The zero-order chi connectivity index (χ0) is 30.3. The normalized spacial score (nSPS) is 19.4. The van der Waals surface area contributed by atoms with Crippen LogP contribution in [0.4, 0.5) is 17.1 Å². The summed E-state index contributed by atoms with van der Waals surface area (Å²) in [5.41, 5.74) is -0.455. The summed E-state index contributed by atoms with van der Waals surface area (Å²) in [7, 11) is 1.72. The molecular formula is C24H29N3O.